The van der Waals surface area contributed by atoms with Crippen LogP contribution in [0.3, 0.4) is 0 Å². The van der Waals surface area contributed by atoms with E-state index in [1.165, 1.54) is 0 Å². The number of aliphatic hydroxyl groups excluding tert-OH is 1. The highest BCUT2D eigenvalue weighted by Gasteiger charge is 2.19. The Hall–Kier alpha value is -3.97. The summed E-state index contributed by atoms with van der Waals surface area (Å²) in [5, 5.41) is 30.2. The van der Waals surface area contributed by atoms with Gasteiger partial charge < -0.3 is 24.3 Å². The number of benzene rings is 2. The minimum atomic E-state index is -0.656. The standard InChI is InChI=1S/C21H16N4O5S/c22-9-15(19(27)23-10-13-4-2-1-3-5-13)16(26)11-31-21-25-24-20(30-21)14-6-7-17-18(8-14)29-12-28-17/h1-8,26H,10-12H2,(H,23,27). The molecule has 0 atom stereocenters. The van der Waals surface area contributed by atoms with Gasteiger partial charge in [-0.05, 0) is 23.8 Å². The van der Waals surface area contributed by atoms with E-state index in [1.807, 2.05) is 30.3 Å². The summed E-state index contributed by atoms with van der Waals surface area (Å²) in [5.41, 5.74) is 1.17. The lowest BCUT2D eigenvalue weighted by Gasteiger charge is -2.06. The number of aliphatic hydroxyl groups is 1. The number of hydrogen-bond acceptors (Lipinski definition) is 9. The molecule has 4 rings (SSSR count). The topological polar surface area (TPSA) is 130 Å². The maximum atomic E-state index is 12.2. The van der Waals surface area contributed by atoms with Crippen molar-refractivity contribution in [3.05, 3.63) is 65.4 Å². The van der Waals surface area contributed by atoms with Crippen LogP contribution in [0.5, 0.6) is 11.5 Å². The van der Waals surface area contributed by atoms with Crippen LogP contribution in [-0.4, -0.2) is 33.8 Å². The Kier molecular flexibility index (Phi) is 6.05. The molecule has 0 aliphatic carbocycles. The molecule has 9 nitrogen and oxygen atoms in total. The quantitative estimate of drug-likeness (QED) is 0.248. The molecule has 10 heteroatoms. The number of carbonyl (C=O) groups is 1. The second-order valence-electron chi connectivity index (χ2n) is 6.33. The number of nitrogens with one attached hydrogen (secondary N) is 1. The molecule has 31 heavy (non-hydrogen) atoms. The fourth-order valence-corrected chi connectivity index (χ4v) is 3.37. The maximum Gasteiger partial charge on any atom is 0.277 e. The van der Waals surface area contributed by atoms with Crippen molar-refractivity contribution in [2.24, 2.45) is 0 Å². The second kappa shape index (κ2) is 9.23. The molecule has 1 aromatic heterocycles. The molecule has 0 radical (unpaired) electrons. The van der Waals surface area contributed by atoms with Crippen molar-refractivity contribution in [1.29, 1.82) is 5.26 Å². The third-order valence-electron chi connectivity index (χ3n) is 4.28. The van der Waals surface area contributed by atoms with E-state index < -0.39 is 5.91 Å². The summed E-state index contributed by atoms with van der Waals surface area (Å²) >= 11 is 1.01. The lowest BCUT2D eigenvalue weighted by molar-refractivity contribution is -0.117. The number of hydrogen-bond donors (Lipinski definition) is 2. The zero-order valence-electron chi connectivity index (χ0n) is 16.1. The van der Waals surface area contributed by atoms with Crippen LogP contribution in [0.15, 0.2) is 69.5 Å². The van der Waals surface area contributed by atoms with Crippen molar-refractivity contribution in [2.75, 3.05) is 12.5 Å². The number of rotatable bonds is 7. The first-order valence-corrected chi connectivity index (χ1v) is 10.1. The van der Waals surface area contributed by atoms with Crippen molar-refractivity contribution in [3.8, 4) is 29.0 Å². The Morgan fingerprint density at radius 3 is 2.77 bits per heavy atom. The van der Waals surface area contributed by atoms with Crippen LogP contribution in [0.1, 0.15) is 5.56 Å². The van der Waals surface area contributed by atoms with Gasteiger partial charge in [0, 0.05) is 12.1 Å². The van der Waals surface area contributed by atoms with E-state index in [-0.39, 0.29) is 41.5 Å². The van der Waals surface area contributed by atoms with Crippen LogP contribution in [0.4, 0.5) is 0 Å². The smallest absolute Gasteiger partial charge is 0.277 e. The van der Waals surface area contributed by atoms with Gasteiger partial charge >= 0.3 is 0 Å². The van der Waals surface area contributed by atoms with Crippen molar-refractivity contribution in [1.82, 2.24) is 15.5 Å². The molecule has 0 spiro atoms. The second-order valence-corrected chi connectivity index (χ2v) is 7.26. The summed E-state index contributed by atoms with van der Waals surface area (Å²) in [6, 6.07) is 16.2. The van der Waals surface area contributed by atoms with Gasteiger partial charge in [-0.2, -0.15) is 5.26 Å². The number of nitrogens with zero attached hydrogens (tertiary/aromatic N) is 3. The number of ether oxygens (including phenoxy) is 2. The van der Waals surface area contributed by atoms with E-state index in [1.54, 1.807) is 24.3 Å². The van der Waals surface area contributed by atoms with Crippen LogP contribution in [0, 0.1) is 11.3 Å². The molecule has 0 unspecified atom stereocenters. The average Bonchev–Trinajstić information content (AvgIpc) is 3.46. The number of aromatic nitrogens is 2. The number of carbonyl (C=O) groups excluding carboxylic acids is 1. The van der Waals surface area contributed by atoms with Crippen molar-refractivity contribution in [2.45, 2.75) is 11.8 Å². The van der Waals surface area contributed by atoms with E-state index in [2.05, 4.69) is 15.5 Å². The zero-order valence-corrected chi connectivity index (χ0v) is 16.9. The van der Waals surface area contributed by atoms with E-state index in [0.29, 0.717) is 17.1 Å². The largest absolute Gasteiger partial charge is 0.510 e. The molecule has 1 amide bonds. The molecular formula is C21H16N4O5S. The molecule has 0 saturated carbocycles. The summed E-state index contributed by atoms with van der Waals surface area (Å²) in [4.78, 5) is 12.2. The van der Waals surface area contributed by atoms with Crippen LogP contribution < -0.4 is 14.8 Å². The van der Waals surface area contributed by atoms with Gasteiger partial charge in [0.1, 0.15) is 11.8 Å². The normalized spacial score (nSPS) is 12.7. The minimum Gasteiger partial charge on any atom is -0.510 e. The predicted octanol–water partition coefficient (Wildman–Crippen LogP) is 3.21. The summed E-state index contributed by atoms with van der Waals surface area (Å²) in [6.45, 7) is 0.406. The maximum absolute atomic E-state index is 12.2. The fraction of sp³-hybridized carbons (Fsp3) is 0.143. The number of amides is 1. The first kappa shape index (κ1) is 20.3. The van der Waals surface area contributed by atoms with Gasteiger partial charge in [-0.1, -0.05) is 42.1 Å². The minimum absolute atomic E-state index is 0.0789. The highest BCUT2D eigenvalue weighted by Crippen LogP contribution is 2.36. The van der Waals surface area contributed by atoms with E-state index >= 15 is 0 Å². The molecule has 2 aromatic carbocycles. The Morgan fingerprint density at radius 1 is 1.16 bits per heavy atom. The van der Waals surface area contributed by atoms with Crippen molar-refractivity contribution >= 4 is 17.7 Å². The Labute approximate surface area is 181 Å². The van der Waals surface area contributed by atoms with Gasteiger partial charge in [0.25, 0.3) is 11.1 Å². The molecule has 0 bridgehead atoms. The predicted molar refractivity (Wildman–Crippen MR) is 110 cm³/mol. The summed E-state index contributed by atoms with van der Waals surface area (Å²) in [7, 11) is 0. The Morgan fingerprint density at radius 2 is 1.97 bits per heavy atom. The number of fused-ring (bicyclic) bond motifs is 1. The lowest BCUT2D eigenvalue weighted by Crippen LogP contribution is -2.25. The Balaban J connectivity index is 1.38. The van der Waals surface area contributed by atoms with Crippen LogP contribution in [0.25, 0.3) is 11.5 Å². The third kappa shape index (κ3) is 4.79. The molecule has 2 heterocycles. The number of nitriles is 1. The molecule has 2 N–H and O–H groups in total. The van der Waals surface area contributed by atoms with Crippen LogP contribution >= 0.6 is 11.8 Å². The average molecular weight is 436 g/mol. The molecule has 0 fully saturated rings. The molecular weight excluding hydrogens is 420 g/mol. The van der Waals surface area contributed by atoms with Crippen molar-refractivity contribution < 1.29 is 23.8 Å². The molecule has 1 aliphatic heterocycles. The number of thioether (sulfide) groups is 1. The molecule has 156 valence electrons. The first-order chi connectivity index (χ1) is 15.1. The zero-order chi connectivity index (χ0) is 21.6. The van der Waals surface area contributed by atoms with E-state index in [4.69, 9.17) is 13.9 Å². The Bertz CT molecular complexity index is 1170. The SMILES string of the molecule is N#CC(C(=O)NCc1ccccc1)=C(O)CSc1nnc(-c2ccc3c(c2)OCO3)o1. The van der Waals surface area contributed by atoms with Gasteiger partial charge in [-0.25, -0.2) is 0 Å². The van der Waals surface area contributed by atoms with E-state index in [9.17, 15) is 15.2 Å². The summed E-state index contributed by atoms with van der Waals surface area (Å²) in [5.74, 6) is 0.389. The van der Waals surface area contributed by atoms with Gasteiger partial charge in [0.2, 0.25) is 12.7 Å². The van der Waals surface area contributed by atoms with Crippen LogP contribution in [-0.2, 0) is 11.3 Å². The molecule has 3 aromatic rings. The molecule has 0 saturated heterocycles. The van der Waals surface area contributed by atoms with Gasteiger partial charge in [-0.3, -0.25) is 4.79 Å². The highest BCUT2D eigenvalue weighted by molar-refractivity contribution is 7.99. The lowest BCUT2D eigenvalue weighted by atomic mass is 10.2. The third-order valence-corrected chi connectivity index (χ3v) is 5.11. The summed E-state index contributed by atoms with van der Waals surface area (Å²) < 4.78 is 16.2. The van der Waals surface area contributed by atoms with Gasteiger partial charge in [0.05, 0.1) is 5.75 Å². The molecule has 1 aliphatic rings. The summed E-state index contributed by atoms with van der Waals surface area (Å²) in [6.07, 6.45) is 0. The van der Waals surface area contributed by atoms with Crippen LogP contribution in [0.2, 0.25) is 0 Å². The monoisotopic (exact) mass is 436 g/mol. The van der Waals surface area contributed by atoms with Crippen molar-refractivity contribution in [3.63, 3.8) is 0 Å². The fourth-order valence-electron chi connectivity index (χ4n) is 2.73. The van der Waals surface area contributed by atoms with Gasteiger partial charge in [-0.15, -0.1) is 10.2 Å². The van der Waals surface area contributed by atoms with Gasteiger partial charge in [0.15, 0.2) is 17.1 Å². The first-order valence-electron chi connectivity index (χ1n) is 9.14. The van der Waals surface area contributed by atoms with E-state index in [0.717, 1.165) is 17.3 Å². The highest BCUT2D eigenvalue weighted by atomic mass is 32.2.